The first kappa shape index (κ1) is 12.3. The van der Waals surface area contributed by atoms with Crippen LogP contribution in [-0.2, 0) is 0 Å². The molecule has 0 aliphatic carbocycles. The third kappa shape index (κ3) is 3.70. The van der Waals surface area contributed by atoms with Gasteiger partial charge in [-0.1, -0.05) is 15.9 Å². The third-order valence-electron chi connectivity index (χ3n) is 2.02. The van der Waals surface area contributed by atoms with Crippen molar-refractivity contribution in [3.05, 3.63) is 35.4 Å². The van der Waals surface area contributed by atoms with Crippen LogP contribution in [0, 0.1) is 11.6 Å². The molecular weight excluding hydrogens is 266 g/mol. The van der Waals surface area contributed by atoms with E-state index in [1.165, 1.54) is 0 Å². The molecule has 4 heteroatoms. The topological polar surface area (TPSA) is 17.1 Å². The zero-order valence-corrected chi connectivity index (χ0v) is 9.69. The molecule has 0 aliphatic rings. The van der Waals surface area contributed by atoms with Gasteiger partial charge in [-0.3, -0.25) is 4.79 Å². The van der Waals surface area contributed by atoms with Crippen LogP contribution in [0.3, 0.4) is 0 Å². The van der Waals surface area contributed by atoms with Gasteiger partial charge in [0.15, 0.2) is 5.78 Å². The first-order chi connectivity index (χ1) is 7.15. The first-order valence-corrected chi connectivity index (χ1v) is 5.81. The SMILES string of the molecule is O=C(CCCCBr)c1cc(F)ccc1F. The van der Waals surface area contributed by atoms with Gasteiger partial charge in [-0.2, -0.15) is 0 Å². The molecule has 0 amide bonds. The molecule has 82 valence electrons. The molecule has 0 fully saturated rings. The molecule has 0 aliphatic heterocycles. The molecule has 1 rings (SSSR count). The first-order valence-electron chi connectivity index (χ1n) is 4.69. The lowest BCUT2D eigenvalue weighted by Crippen LogP contribution is -2.03. The van der Waals surface area contributed by atoms with E-state index in [4.69, 9.17) is 0 Å². The summed E-state index contributed by atoms with van der Waals surface area (Å²) >= 11 is 3.24. The van der Waals surface area contributed by atoms with Gasteiger partial charge in [0.1, 0.15) is 11.6 Å². The molecule has 1 nitrogen and oxygen atoms in total. The minimum atomic E-state index is -0.653. The number of hydrogen-bond acceptors (Lipinski definition) is 1. The average Bonchev–Trinajstić information content (AvgIpc) is 2.22. The minimum absolute atomic E-state index is 0.149. The molecular formula is C11H11BrF2O. The Balaban J connectivity index is 2.68. The van der Waals surface area contributed by atoms with Gasteiger partial charge in [0.25, 0.3) is 0 Å². The van der Waals surface area contributed by atoms with Gasteiger partial charge < -0.3 is 0 Å². The number of unbranched alkanes of at least 4 members (excludes halogenated alkanes) is 1. The second-order valence-electron chi connectivity index (χ2n) is 3.19. The Kier molecular flexibility index (Phi) is 4.88. The van der Waals surface area contributed by atoms with E-state index in [1.807, 2.05) is 0 Å². The molecule has 15 heavy (non-hydrogen) atoms. The van der Waals surface area contributed by atoms with E-state index in [9.17, 15) is 13.6 Å². The number of ketones is 1. The molecule has 0 radical (unpaired) electrons. The molecule has 0 heterocycles. The van der Waals surface area contributed by atoms with Crippen LogP contribution in [0.1, 0.15) is 29.6 Å². The van der Waals surface area contributed by atoms with Crippen molar-refractivity contribution in [2.75, 3.05) is 5.33 Å². The molecule has 0 aromatic heterocycles. The van der Waals surface area contributed by atoms with Gasteiger partial charge >= 0.3 is 0 Å². The highest BCUT2D eigenvalue weighted by atomic mass is 79.9. The van der Waals surface area contributed by atoms with Crippen LogP contribution < -0.4 is 0 Å². The summed E-state index contributed by atoms with van der Waals surface area (Å²) in [6.45, 7) is 0. The summed E-state index contributed by atoms with van der Waals surface area (Å²) in [6, 6.07) is 2.93. The summed E-state index contributed by atoms with van der Waals surface area (Å²) < 4.78 is 25.9. The molecule has 0 saturated heterocycles. The third-order valence-corrected chi connectivity index (χ3v) is 2.58. The maximum atomic E-state index is 13.1. The summed E-state index contributed by atoms with van der Waals surface area (Å²) in [5.74, 6) is -1.58. The van der Waals surface area contributed by atoms with Crippen molar-refractivity contribution in [2.24, 2.45) is 0 Å². The highest BCUT2D eigenvalue weighted by Crippen LogP contribution is 2.13. The fraction of sp³-hybridized carbons (Fsp3) is 0.364. The monoisotopic (exact) mass is 276 g/mol. The van der Waals surface area contributed by atoms with Crippen LogP contribution in [0.25, 0.3) is 0 Å². The summed E-state index contributed by atoms with van der Waals surface area (Å²) in [5.41, 5.74) is -0.149. The Morgan fingerprint density at radius 1 is 1.27 bits per heavy atom. The second-order valence-corrected chi connectivity index (χ2v) is 3.99. The van der Waals surface area contributed by atoms with Gasteiger partial charge in [-0.05, 0) is 31.0 Å². The number of Topliss-reactive ketones (excluding diaryl/α,β-unsaturated/α-hetero) is 1. The fourth-order valence-corrected chi connectivity index (χ4v) is 1.62. The van der Waals surface area contributed by atoms with Crippen molar-refractivity contribution in [2.45, 2.75) is 19.3 Å². The number of rotatable bonds is 5. The standard InChI is InChI=1S/C11H11BrF2O/c12-6-2-1-3-11(15)9-7-8(13)4-5-10(9)14/h4-5,7H,1-3,6H2. The molecule has 1 aromatic carbocycles. The number of halogens is 3. The number of carbonyl (C=O) groups is 1. The Hall–Kier alpha value is -0.770. The molecule has 0 unspecified atom stereocenters. The molecule has 0 saturated carbocycles. The number of hydrogen-bond donors (Lipinski definition) is 0. The van der Waals surface area contributed by atoms with Crippen molar-refractivity contribution < 1.29 is 13.6 Å². The van der Waals surface area contributed by atoms with Gasteiger partial charge in [-0.15, -0.1) is 0 Å². The van der Waals surface area contributed by atoms with Gasteiger partial charge in [0.2, 0.25) is 0 Å². The summed E-state index contributed by atoms with van der Waals surface area (Å²) in [4.78, 5) is 11.5. The van der Waals surface area contributed by atoms with Crippen LogP contribution in [0.5, 0.6) is 0 Å². The molecule has 0 atom stereocenters. The molecule has 0 spiro atoms. The highest BCUT2D eigenvalue weighted by Gasteiger charge is 2.11. The Morgan fingerprint density at radius 3 is 2.67 bits per heavy atom. The van der Waals surface area contributed by atoms with Crippen LogP contribution in [0.4, 0.5) is 8.78 Å². The highest BCUT2D eigenvalue weighted by molar-refractivity contribution is 9.09. The Bertz CT molecular complexity index is 352. The van der Waals surface area contributed by atoms with Crippen molar-refractivity contribution in [1.82, 2.24) is 0 Å². The lowest BCUT2D eigenvalue weighted by molar-refractivity contribution is 0.0975. The van der Waals surface area contributed by atoms with E-state index in [1.54, 1.807) is 0 Å². The van der Waals surface area contributed by atoms with Crippen LogP contribution in [0.2, 0.25) is 0 Å². The predicted octanol–water partition coefficient (Wildman–Crippen LogP) is 3.71. The lowest BCUT2D eigenvalue weighted by atomic mass is 10.1. The molecule has 0 N–H and O–H groups in total. The Labute approximate surface area is 95.6 Å². The van der Waals surface area contributed by atoms with E-state index in [0.717, 1.165) is 30.0 Å². The van der Waals surface area contributed by atoms with Crippen LogP contribution in [0.15, 0.2) is 18.2 Å². The number of benzene rings is 1. The summed E-state index contributed by atoms with van der Waals surface area (Å²) in [7, 11) is 0. The smallest absolute Gasteiger partial charge is 0.165 e. The van der Waals surface area contributed by atoms with Crippen molar-refractivity contribution in [3.8, 4) is 0 Å². The normalized spacial score (nSPS) is 10.3. The van der Waals surface area contributed by atoms with E-state index < -0.39 is 11.6 Å². The fourth-order valence-electron chi connectivity index (χ4n) is 1.23. The molecule has 1 aromatic rings. The zero-order chi connectivity index (χ0) is 11.3. The number of carbonyl (C=O) groups excluding carboxylic acids is 1. The van der Waals surface area contributed by atoms with E-state index in [2.05, 4.69) is 15.9 Å². The lowest BCUT2D eigenvalue weighted by Gasteiger charge is -2.02. The van der Waals surface area contributed by atoms with Gasteiger partial charge in [0.05, 0.1) is 5.56 Å². The van der Waals surface area contributed by atoms with E-state index in [-0.39, 0.29) is 17.8 Å². The zero-order valence-electron chi connectivity index (χ0n) is 8.10. The number of alkyl halides is 1. The van der Waals surface area contributed by atoms with Crippen molar-refractivity contribution >= 4 is 21.7 Å². The molecule has 0 bridgehead atoms. The Morgan fingerprint density at radius 2 is 2.00 bits per heavy atom. The summed E-state index contributed by atoms with van der Waals surface area (Å²) in [5, 5.41) is 0.811. The van der Waals surface area contributed by atoms with Crippen molar-refractivity contribution in [3.63, 3.8) is 0 Å². The predicted molar refractivity (Wildman–Crippen MR) is 58.3 cm³/mol. The van der Waals surface area contributed by atoms with Crippen molar-refractivity contribution in [1.29, 1.82) is 0 Å². The maximum absolute atomic E-state index is 13.1. The summed E-state index contributed by atoms with van der Waals surface area (Å²) in [6.07, 6.45) is 1.79. The second kappa shape index (κ2) is 5.95. The largest absolute Gasteiger partial charge is 0.294 e. The quantitative estimate of drug-likeness (QED) is 0.455. The van der Waals surface area contributed by atoms with Crippen LogP contribution >= 0.6 is 15.9 Å². The van der Waals surface area contributed by atoms with E-state index in [0.29, 0.717) is 6.42 Å². The van der Waals surface area contributed by atoms with Crippen LogP contribution in [-0.4, -0.2) is 11.1 Å². The maximum Gasteiger partial charge on any atom is 0.165 e. The minimum Gasteiger partial charge on any atom is -0.294 e. The van der Waals surface area contributed by atoms with Gasteiger partial charge in [0, 0.05) is 11.8 Å². The average molecular weight is 277 g/mol. The van der Waals surface area contributed by atoms with Gasteiger partial charge in [-0.25, -0.2) is 8.78 Å². The van der Waals surface area contributed by atoms with E-state index >= 15 is 0 Å².